The average Bonchev–Trinajstić information content (AvgIpc) is 2.64. The largest absolute Gasteiger partial charge is 0.433 e. The van der Waals surface area contributed by atoms with Crippen LogP contribution in [0.5, 0.6) is 0 Å². The molecule has 0 aromatic heterocycles. The van der Waals surface area contributed by atoms with Crippen molar-refractivity contribution in [3.05, 3.63) is 24.3 Å². The molecule has 0 rings (SSSR count). The van der Waals surface area contributed by atoms with Crippen molar-refractivity contribution in [1.82, 2.24) is 0 Å². The van der Waals surface area contributed by atoms with E-state index in [0.717, 1.165) is 32.1 Å². The number of ether oxygens (including phenoxy) is 1. The number of unbranched alkanes of at least 4 members (excludes halogenated alkanes) is 8. The van der Waals surface area contributed by atoms with Crippen molar-refractivity contribution in [2.75, 3.05) is 0 Å². The molecule has 0 spiro atoms. The van der Waals surface area contributed by atoms with E-state index >= 15 is 0 Å². The van der Waals surface area contributed by atoms with Crippen molar-refractivity contribution in [3.8, 4) is 0 Å². The van der Waals surface area contributed by atoms with Crippen LogP contribution in [0.25, 0.3) is 0 Å². The van der Waals surface area contributed by atoms with E-state index in [0.29, 0.717) is 12.8 Å². The van der Waals surface area contributed by atoms with Crippen LogP contribution in [0.4, 0.5) is 0 Å². The van der Waals surface area contributed by atoms with Crippen molar-refractivity contribution >= 4 is 5.97 Å². The Balaban J connectivity index is 3.40. The van der Waals surface area contributed by atoms with Crippen LogP contribution in [0.1, 0.15) is 97.3 Å². The van der Waals surface area contributed by atoms with E-state index in [-0.39, 0.29) is 0 Å². The molecule has 0 saturated heterocycles. The molecule has 0 aliphatic carbocycles. The molecule has 0 saturated carbocycles. The first-order valence-electron chi connectivity index (χ1n) is 10.5. The van der Waals surface area contributed by atoms with Gasteiger partial charge in [-0.15, -0.1) is 0 Å². The maximum Gasteiger partial charge on any atom is 0.308 e. The van der Waals surface area contributed by atoms with Crippen LogP contribution in [0.15, 0.2) is 24.3 Å². The molecule has 26 heavy (non-hydrogen) atoms. The van der Waals surface area contributed by atoms with E-state index in [1.54, 1.807) is 6.92 Å². The molecule has 0 radical (unpaired) electrons. The van der Waals surface area contributed by atoms with Gasteiger partial charge in [-0.3, -0.25) is 4.79 Å². The zero-order chi connectivity index (χ0) is 19.5. The number of aliphatic hydroxyl groups excluding tert-OH is 2. The Morgan fingerprint density at radius 3 is 2.04 bits per heavy atom. The Morgan fingerprint density at radius 1 is 0.846 bits per heavy atom. The highest BCUT2D eigenvalue weighted by Crippen LogP contribution is 2.10. The Kier molecular flexibility index (Phi) is 17.8. The molecule has 2 N–H and O–H groups in total. The summed E-state index contributed by atoms with van der Waals surface area (Å²) in [6.45, 7) is 3.95. The third kappa shape index (κ3) is 16.3. The molecule has 0 fully saturated rings. The first kappa shape index (κ1) is 24.9. The van der Waals surface area contributed by atoms with E-state index in [4.69, 9.17) is 4.74 Å². The topological polar surface area (TPSA) is 66.8 Å². The lowest BCUT2D eigenvalue weighted by Crippen LogP contribution is -2.30. The second-order valence-corrected chi connectivity index (χ2v) is 6.84. The minimum Gasteiger partial charge on any atom is -0.433 e. The highest BCUT2D eigenvalue weighted by atomic mass is 16.6. The molecule has 0 aromatic carbocycles. The van der Waals surface area contributed by atoms with E-state index in [2.05, 4.69) is 31.2 Å². The van der Waals surface area contributed by atoms with Crippen molar-refractivity contribution < 1.29 is 19.7 Å². The van der Waals surface area contributed by atoms with Crippen LogP contribution in [0, 0.1) is 0 Å². The van der Waals surface area contributed by atoms with Gasteiger partial charge in [0.15, 0.2) is 0 Å². The van der Waals surface area contributed by atoms with Gasteiger partial charge in [-0.2, -0.15) is 0 Å². The molecule has 2 atom stereocenters. The summed E-state index contributed by atoms with van der Waals surface area (Å²) in [5, 5.41) is 18.8. The molecule has 4 nitrogen and oxygen atoms in total. The van der Waals surface area contributed by atoms with E-state index in [9.17, 15) is 15.0 Å². The van der Waals surface area contributed by atoms with Crippen molar-refractivity contribution in [2.45, 2.75) is 110 Å². The fraction of sp³-hybridized carbons (Fsp3) is 0.773. The maximum absolute atomic E-state index is 11.5. The Hall–Kier alpha value is -1.13. The van der Waals surface area contributed by atoms with Gasteiger partial charge in [0.1, 0.15) is 6.10 Å². The summed E-state index contributed by atoms with van der Waals surface area (Å²) in [4.78, 5) is 11.5. The number of allylic oxidation sites excluding steroid dienone is 4. The summed E-state index contributed by atoms with van der Waals surface area (Å²) in [6, 6.07) is 0. The fourth-order valence-electron chi connectivity index (χ4n) is 2.55. The molecule has 0 amide bonds. The summed E-state index contributed by atoms with van der Waals surface area (Å²) in [5.74, 6) is -0.435. The van der Waals surface area contributed by atoms with Gasteiger partial charge in [0.05, 0.1) is 0 Å². The Bertz CT molecular complexity index is 376. The zero-order valence-corrected chi connectivity index (χ0v) is 16.9. The summed E-state index contributed by atoms with van der Waals surface area (Å²) in [7, 11) is 0. The molecule has 4 heteroatoms. The van der Waals surface area contributed by atoms with Crippen LogP contribution in [0.3, 0.4) is 0 Å². The predicted molar refractivity (Wildman–Crippen MR) is 108 cm³/mol. The average molecular weight is 369 g/mol. The minimum atomic E-state index is -1.40. The van der Waals surface area contributed by atoms with Crippen molar-refractivity contribution in [2.24, 2.45) is 0 Å². The number of hydrogen-bond acceptors (Lipinski definition) is 4. The van der Waals surface area contributed by atoms with Gasteiger partial charge in [-0.1, -0.05) is 70.3 Å². The van der Waals surface area contributed by atoms with E-state index < -0.39 is 18.4 Å². The van der Waals surface area contributed by atoms with Crippen LogP contribution < -0.4 is 0 Å². The standard InChI is InChI=1S/C22H40O4/c1-3-5-6-7-8-9-10-11-12-13-14-15-16-17-18-19-21(24)26-22(25)20(23)4-2/h8-9,11-12,20,22-23,25H,3-7,10,13-19H2,1-2H3/b9-8-,12-11-. The predicted octanol–water partition coefficient (Wildman–Crippen LogP) is 5.43. The summed E-state index contributed by atoms with van der Waals surface area (Å²) >= 11 is 0. The lowest BCUT2D eigenvalue weighted by Gasteiger charge is -2.16. The minimum absolute atomic E-state index is 0.304. The van der Waals surface area contributed by atoms with Gasteiger partial charge in [0.25, 0.3) is 0 Å². The third-order valence-electron chi connectivity index (χ3n) is 4.33. The smallest absolute Gasteiger partial charge is 0.308 e. The van der Waals surface area contributed by atoms with Crippen LogP contribution >= 0.6 is 0 Å². The first-order valence-corrected chi connectivity index (χ1v) is 10.5. The maximum atomic E-state index is 11.5. The quantitative estimate of drug-likeness (QED) is 0.155. The van der Waals surface area contributed by atoms with Crippen molar-refractivity contribution in [3.63, 3.8) is 0 Å². The van der Waals surface area contributed by atoms with E-state index in [1.165, 1.54) is 38.5 Å². The van der Waals surface area contributed by atoms with Gasteiger partial charge < -0.3 is 14.9 Å². The molecular formula is C22H40O4. The summed E-state index contributed by atoms with van der Waals surface area (Å²) in [6.07, 6.45) is 19.8. The number of rotatable bonds is 17. The fourth-order valence-corrected chi connectivity index (χ4v) is 2.55. The van der Waals surface area contributed by atoms with Crippen molar-refractivity contribution in [1.29, 1.82) is 0 Å². The molecule has 0 aliphatic rings. The van der Waals surface area contributed by atoms with E-state index in [1.807, 2.05) is 0 Å². The van der Waals surface area contributed by atoms with Gasteiger partial charge in [0, 0.05) is 6.42 Å². The number of hydrogen-bond donors (Lipinski definition) is 2. The number of esters is 1. The SMILES string of the molecule is CCCCC/C=C\C/C=C\CCCCCCCC(=O)OC(O)C(O)CC. The molecule has 0 bridgehead atoms. The number of carbonyl (C=O) groups is 1. The van der Waals surface area contributed by atoms with Crippen LogP contribution in [0.2, 0.25) is 0 Å². The van der Waals surface area contributed by atoms with Crippen LogP contribution in [-0.2, 0) is 9.53 Å². The van der Waals surface area contributed by atoms with Gasteiger partial charge in [0.2, 0.25) is 6.29 Å². The van der Waals surface area contributed by atoms with Gasteiger partial charge in [-0.05, 0) is 44.9 Å². The second-order valence-electron chi connectivity index (χ2n) is 6.84. The normalized spacial score (nSPS) is 14.2. The molecule has 2 unspecified atom stereocenters. The second kappa shape index (κ2) is 18.7. The molecule has 0 aromatic rings. The van der Waals surface area contributed by atoms with Crippen LogP contribution in [-0.4, -0.2) is 28.6 Å². The monoisotopic (exact) mass is 368 g/mol. The third-order valence-corrected chi connectivity index (χ3v) is 4.33. The Morgan fingerprint density at radius 2 is 1.42 bits per heavy atom. The first-order chi connectivity index (χ1) is 12.6. The zero-order valence-electron chi connectivity index (χ0n) is 16.9. The molecule has 0 heterocycles. The highest BCUT2D eigenvalue weighted by molar-refractivity contribution is 5.69. The highest BCUT2D eigenvalue weighted by Gasteiger charge is 2.18. The molecular weight excluding hydrogens is 328 g/mol. The lowest BCUT2D eigenvalue weighted by molar-refractivity contribution is -0.186. The Labute approximate surface area is 160 Å². The van der Waals surface area contributed by atoms with Gasteiger partial charge >= 0.3 is 5.97 Å². The summed E-state index contributed by atoms with van der Waals surface area (Å²) < 4.78 is 4.77. The molecule has 0 aliphatic heterocycles. The number of aliphatic hydroxyl groups is 2. The van der Waals surface area contributed by atoms with Gasteiger partial charge in [-0.25, -0.2) is 0 Å². The lowest BCUT2D eigenvalue weighted by atomic mass is 10.1. The molecule has 152 valence electrons. The summed E-state index contributed by atoms with van der Waals surface area (Å²) in [5.41, 5.74) is 0. The number of carbonyl (C=O) groups excluding carboxylic acids is 1.